The van der Waals surface area contributed by atoms with Gasteiger partial charge in [0, 0.05) is 18.0 Å². The fourth-order valence-electron chi connectivity index (χ4n) is 2.79. The number of hydrogen-bond donors (Lipinski definition) is 2. The Bertz CT molecular complexity index is 835. The zero-order valence-electron chi connectivity index (χ0n) is 14.2. The monoisotopic (exact) mass is 380 g/mol. The predicted molar refractivity (Wildman–Crippen MR) is 101 cm³/mol. The zero-order valence-corrected chi connectivity index (χ0v) is 15.8. The van der Waals surface area contributed by atoms with E-state index in [0.29, 0.717) is 13.2 Å². The number of ether oxygens (including phenoxy) is 1. The number of methoxy groups -OCH3 is 1. The van der Waals surface area contributed by atoms with Crippen LogP contribution in [0.5, 0.6) is 0 Å². The number of thiophene rings is 1. The highest BCUT2D eigenvalue weighted by molar-refractivity contribution is 7.19. The molecule has 0 spiro atoms. The number of fused-ring (bicyclic) bond motifs is 1. The van der Waals surface area contributed by atoms with Crippen LogP contribution in [0.1, 0.15) is 23.1 Å². The van der Waals surface area contributed by atoms with E-state index in [2.05, 4.69) is 22.2 Å². The van der Waals surface area contributed by atoms with Gasteiger partial charge in [0.05, 0.1) is 29.6 Å². The van der Waals surface area contributed by atoms with Crippen LogP contribution in [0.4, 0.5) is 5.82 Å². The fourth-order valence-corrected chi connectivity index (χ4v) is 4.34. The van der Waals surface area contributed by atoms with Crippen molar-refractivity contribution in [3.05, 3.63) is 39.9 Å². The molecule has 134 valence electrons. The molecule has 0 aliphatic rings. The van der Waals surface area contributed by atoms with E-state index < -0.39 is 0 Å². The summed E-state index contributed by atoms with van der Waals surface area (Å²) in [5.41, 5.74) is 8.22. The first-order chi connectivity index (χ1) is 12.1. The highest BCUT2D eigenvalue weighted by Gasteiger charge is 2.19. The third kappa shape index (κ3) is 4.12. The number of furan rings is 1. The topological polar surface area (TPSA) is 86.2 Å². The van der Waals surface area contributed by atoms with Gasteiger partial charge in [-0.1, -0.05) is 6.92 Å². The third-order valence-corrected chi connectivity index (χ3v) is 5.30. The number of nitrogens with two attached hydrogens (primary N) is 1. The van der Waals surface area contributed by atoms with Gasteiger partial charge < -0.3 is 20.2 Å². The lowest BCUT2D eigenvalue weighted by molar-refractivity contribution is 0.180. The molecule has 3 aromatic rings. The molecule has 6 nitrogen and oxygen atoms in total. The Kier molecular flexibility index (Phi) is 5.90. The van der Waals surface area contributed by atoms with Crippen LogP contribution in [0, 0.1) is 0 Å². The Morgan fingerprint density at radius 2 is 2.28 bits per heavy atom. The molecule has 3 rings (SSSR count). The number of rotatable bonds is 8. The lowest BCUT2D eigenvalue weighted by Crippen LogP contribution is -2.27. The van der Waals surface area contributed by atoms with Crippen molar-refractivity contribution in [1.29, 1.82) is 0 Å². The van der Waals surface area contributed by atoms with Crippen molar-refractivity contribution in [2.75, 3.05) is 19.0 Å². The number of hydrogen-bond acceptors (Lipinski definition) is 7. The second-order valence-electron chi connectivity index (χ2n) is 5.73. The Balaban J connectivity index is 1.95. The molecule has 0 saturated carbocycles. The maximum atomic E-state index is 6.15. The molecule has 0 aromatic carbocycles. The molecular formula is C17H21ClN4O2S. The lowest BCUT2D eigenvalue weighted by atomic mass is 10.1. The summed E-state index contributed by atoms with van der Waals surface area (Å²) in [4.78, 5) is 10.0. The minimum Gasteiger partial charge on any atom is -0.467 e. The maximum absolute atomic E-state index is 6.15. The van der Waals surface area contributed by atoms with E-state index in [4.69, 9.17) is 26.5 Å². The number of aryl methyl sites for hydroxylation is 1. The second kappa shape index (κ2) is 8.14. The summed E-state index contributed by atoms with van der Waals surface area (Å²) in [7, 11) is 1.66. The van der Waals surface area contributed by atoms with Gasteiger partial charge >= 0.3 is 0 Å². The van der Waals surface area contributed by atoms with Crippen molar-refractivity contribution in [1.82, 2.24) is 9.97 Å². The number of halogens is 1. The number of anilines is 1. The first-order valence-corrected chi connectivity index (χ1v) is 9.30. The maximum Gasteiger partial charge on any atom is 0.224 e. The Morgan fingerprint density at radius 3 is 2.96 bits per heavy atom. The molecule has 3 aromatic heterocycles. The molecule has 0 radical (unpaired) electrons. The molecule has 0 bridgehead atoms. The summed E-state index contributed by atoms with van der Waals surface area (Å²) in [5.74, 6) is 1.55. The van der Waals surface area contributed by atoms with Crippen molar-refractivity contribution in [3.63, 3.8) is 0 Å². The normalized spacial score (nSPS) is 12.6. The molecule has 0 saturated heterocycles. The fraction of sp³-hybridized carbons (Fsp3) is 0.412. The molecule has 8 heteroatoms. The summed E-state index contributed by atoms with van der Waals surface area (Å²) in [5, 5.41) is 3.53. The molecule has 0 unspecified atom stereocenters. The van der Waals surface area contributed by atoms with Gasteiger partial charge in [-0.25, -0.2) is 4.98 Å². The number of nitrogens with zero attached hydrogens (tertiary/aromatic N) is 2. The van der Waals surface area contributed by atoms with Crippen LogP contribution in [-0.2, 0) is 24.1 Å². The standard InChI is InChI=1S/C17H21ClN4O2S/c1-3-12-13(7-10(19)9-23-2)25-15-14(12)21-17(18)22-16(15)20-8-11-5-4-6-24-11/h4-6,10H,3,7-9,19H2,1-2H3,(H,20,21,22)/t10-/m1/s1. The summed E-state index contributed by atoms with van der Waals surface area (Å²) >= 11 is 7.82. The quantitative estimate of drug-likeness (QED) is 0.580. The first kappa shape index (κ1) is 18.1. The SMILES string of the molecule is CCc1c(C[C@@H](N)COC)sc2c(NCc3ccco3)nc(Cl)nc12. The average Bonchev–Trinajstić information content (AvgIpc) is 3.20. The molecule has 3 N–H and O–H groups in total. The minimum absolute atomic E-state index is 0.0497. The highest BCUT2D eigenvalue weighted by atomic mass is 35.5. The molecule has 0 aliphatic heterocycles. The lowest BCUT2D eigenvalue weighted by Gasteiger charge is -2.09. The van der Waals surface area contributed by atoms with Crippen LogP contribution in [0.15, 0.2) is 22.8 Å². The minimum atomic E-state index is -0.0497. The van der Waals surface area contributed by atoms with Gasteiger partial charge in [-0.05, 0) is 42.1 Å². The number of aromatic nitrogens is 2. The molecule has 0 aliphatic carbocycles. The van der Waals surface area contributed by atoms with Gasteiger partial charge in [-0.15, -0.1) is 11.3 Å². The molecule has 0 fully saturated rings. The summed E-state index contributed by atoms with van der Waals surface area (Å²) < 4.78 is 11.5. The molecule has 3 heterocycles. The Labute approximate surface area is 155 Å². The predicted octanol–water partition coefficient (Wildman–Crippen LogP) is 3.63. The van der Waals surface area contributed by atoms with Crippen LogP contribution in [0.2, 0.25) is 5.28 Å². The molecular weight excluding hydrogens is 360 g/mol. The van der Waals surface area contributed by atoms with Crippen molar-refractivity contribution >= 4 is 39.0 Å². The van der Waals surface area contributed by atoms with Gasteiger partial charge in [-0.3, -0.25) is 0 Å². The van der Waals surface area contributed by atoms with E-state index in [9.17, 15) is 0 Å². The van der Waals surface area contributed by atoms with E-state index in [-0.39, 0.29) is 11.3 Å². The van der Waals surface area contributed by atoms with E-state index in [1.807, 2.05) is 12.1 Å². The van der Waals surface area contributed by atoms with Crippen molar-refractivity contribution in [2.45, 2.75) is 32.4 Å². The van der Waals surface area contributed by atoms with Gasteiger partial charge in [0.2, 0.25) is 5.28 Å². The van der Waals surface area contributed by atoms with E-state index in [0.717, 1.165) is 34.6 Å². The summed E-state index contributed by atoms with van der Waals surface area (Å²) in [6, 6.07) is 3.72. The summed E-state index contributed by atoms with van der Waals surface area (Å²) in [6.07, 6.45) is 3.25. The summed E-state index contributed by atoms with van der Waals surface area (Å²) in [6.45, 7) is 3.17. The third-order valence-electron chi connectivity index (χ3n) is 3.88. The van der Waals surface area contributed by atoms with E-state index in [1.165, 1.54) is 10.4 Å². The number of nitrogens with one attached hydrogen (secondary N) is 1. The van der Waals surface area contributed by atoms with Crippen LogP contribution in [0.3, 0.4) is 0 Å². The van der Waals surface area contributed by atoms with Crippen LogP contribution >= 0.6 is 22.9 Å². The molecule has 0 amide bonds. The smallest absolute Gasteiger partial charge is 0.224 e. The zero-order chi connectivity index (χ0) is 17.8. The second-order valence-corrected chi connectivity index (χ2v) is 7.17. The van der Waals surface area contributed by atoms with Crippen LogP contribution in [-0.4, -0.2) is 29.7 Å². The van der Waals surface area contributed by atoms with Gasteiger partial charge in [-0.2, -0.15) is 4.98 Å². The van der Waals surface area contributed by atoms with E-state index >= 15 is 0 Å². The van der Waals surface area contributed by atoms with Crippen LogP contribution in [0.25, 0.3) is 10.2 Å². The average molecular weight is 381 g/mol. The van der Waals surface area contributed by atoms with Crippen molar-refractivity contribution in [2.24, 2.45) is 5.73 Å². The van der Waals surface area contributed by atoms with E-state index in [1.54, 1.807) is 24.7 Å². The molecule has 25 heavy (non-hydrogen) atoms. The molecule has 1 atom stereocenters. The van der Waals surface area contributed by atoms with Gasteiger partial charge in [0.15, 0.2) is 0 Å². The van der Waals surface area contributed by atoms with Gasteiger partial charge in [0.25, 0.3) is 0 Å². The Morgan fingerprint density at radius 1 is 1.44 bits per heavy atom. The van der Waals surface area contributed by atoms with Crippen molar-refractivity contribution < 1.29 is 9.15 Å². The Hall–Kier alpha value is -1.67. The van der Waals surface area contributed by atoms with Crippen LogP contribution < -0.4 is 11.1 Å². The largest absolute Gasteiger partial charge is 0.467 e. The van der Waals surface area contributed by atoms with Gasteiger partial charge in [0.1, 0.15) is 11.6 Å². The first-order valence-electron chi connectivity index (χ1n) is 8.10. The van der Waals surface area contributed by atoms with Crippen molar-refractivity contribution in [3.8, 4) is 0 Å². The highest BCUT2D eigenvalue weighted by Crippen LogP contribution is 2.36.